The molecule has 0 radical (unpaired) electrons. The fourth-order valence-electron chi connectivity index (χ4n) is 1.21. The lowest BCUT2D eigenvalue weighted by atomic mass is 10.3. The fraction of sp³-hybridized carbons (Fsp3) is 0.800. The maximum atomic E-state index is 11.5. The number of carbonyl (C=O) groups excluding carboxylic acids is 1. The normalized spacial score (nSPS) is 13.4. The molecule has 0 aliphatic heterocycles. The van der Waals surface area contributed by atoms with Crippen LogP contribution in [0.4, 0.5) is 0 Å². The van der Waals surface area contributed by atoms with Gasteiger partial charge in [0.2, 0.25) is 5.91 Å². The van der Waals surface area contributed by atoms with E-state index in [0.717, 1.165) is 0 Å². The van der Waals surface area contributed by atoms with Crippen molar-refractivity contribution in [2.24, 2.45) is 5.92 Å². The molecule has 0 unspecified atom stereocenters. The van der Waals surface area contributed by atoms with Crippen LogP contribution < -0.4 is 5.32 Å². The number of carboxylic acids is 1. The van der Waals surface area contributed by atoms with Gasteiger partial charge in [-0.05, 0) is 12.8 Å². The molecule has 0 rings (SSSR count). The van der Waals surface area contributed by atoms with Gasteiger partial charge in [-0.15, -0.1) is 0 Å². The van der Waals surface area contributed by atoms with E-state index in [-0.39, 0.29) is 23.8 Å². The van der Waals surface area contributed by atoms with Crippen LogP contribution in [0.25, 0.3) is 0 Å². The van der Waals surface area contributed by atoms with E-state index in [9.17, 15) is 18.0 Å². The molecular weight excluding hydrogens is 246 g/mol. The maximum absolute atomic E-state index is 11.5. The smallest absolute Gasteiger partial charge is 0.325 e. The Bertz CT molecular complexity index is 374. The van der Waals surface area contributed by atoms with E-state index in [4.69, 9.17) is 5.11 Å². The Hall–Kier alpha value is -1.11. The van der Waals surface area contributed by atoms with Crippen LogP contribution >= 0.6 is 0 Å². The Kier molecular flexibility index (Phi) is 6.15. The summed E-state index contributed by atoms with van der Waals surface area (Å²) in [5, 5.41) is 10.7. The van der Waals surface area contributed by atoms with Crippen LogP contribution in [0.3, 0.4) is 0 Å². The number of hydrogen-bond acceptors (Lipinski definition) is 4. The molecule has 1 atom stereocenters. The Morgan fingerprint density at radius 2 is 1.76 bits per heavy atom. The highest BCUT2D eigenvalue weighted by atomic mass is 32.2. The van der Waals surface area contributed by atoms with Gasteiger partial charge >= 0.3 is 5.97 Å². The molecule has 0 aliphatic rings. The first-order chi connectivity index (χ1) is 7.64. The molecule has 1 amide bonds. The summed E-state index contributed by atoms with van der Waals surface area (Å²) in [6, 6.07) is -1.00. The van der Waals surface area contributed by atoms with E-state index in [1.807, 2.05) is 0 Å². The summed E-state index contributed by atoms with van der Waals surface area (Å²) in [5.74, 6) is -1.91. The first kappa shape index (κ1) is 15.9. The molecule has 0 saturated carbocycles. The molecule has 0 aromatic heterocycles. The minimum Gasteiger partial charge on any atom is -0.480 e. The molecule has 2 N–H and O–H groups in total. The van der Waals surface area contributed by atoms with Crippen LogP contribution in [0.5, 0.6) is 0 Å². The fourth-order valence-corrected chi connectivity index (χ4v) is 2.89. The van der Waals surface area contributed by atoms with Gasteiger partial charge in [0.15, 0.2) is 9.84 Å². The first-order valence-corrected chi connectivity index (χ1v) is 7.19. The minimum atomic E-state index is -3.24. The summed E-state index contributed by atoms with van der Waals surface area (Å²) in [4.78, 5) is 21.7. The van der Waals surface area contributed by atoms with Crippen molar-refractivity contribution in [2.75, 3.05) is 11.5 Å². The molecule has 0 spiro atoms. The van der Waals surface area contributed by atoms with Crippen LogP contribution in [0.2, 0.25) is 0 Å². The second-order valence-electron chi connectivity index (χ2n) is 4.39. The molecule has 0 fully saturated rings. The molecule has 0 bridgehead atoms. The van der Waals surface area contributed by atoms with Gasteiger partial charge < -0.3 is 10.4 Å². The number of rotatable bonds is 7. The maximum Gasteiger partial charge on any atom is 0.325 e. The van der Waals surface area contributed by atoms with Gasteiger partial charge in [0, 0.05) is 6.42 Å². The summed E-state index contributed by atoms with van der Waals surface area (Å²) < 4.78 is 22.9. The van der Waals surface area contributed by atoms with Crippen molar-refractivity contribution < 1.29 is 23.1 Å². The molecule has 0 aliphatic carbocycles. The van der Waals surface area contributed by atoms with Gasteiger partial charge in [-0.1, -0.05) is 13.8 Å². The lowest BCUT2D eigenvalue weighted by Crippen LogP contribution is -2.39. The zero-order chi connectivity index (χ0) is 13.6. The molecule has 0 aromatic carbocycles. The van der Waals surface area contributed by atoms with E-state index in [2.05, 4.69) is 5.32 Å². The van der Waals surface area contributed by atoms with Gasteiger partial charge in [0.05, 0.1) is 11.5 Å². The third-order valence-corrected chi connectivity index (χ3v) is 3.98. The number of nitrogens with one attached hydrogen (secondary N) is 1. The van der Waals surface area contributed by atoms with Crippen molar-refractivity contribution in [1.82, 2.24) is 5.32 Å². The third kappa shape index (κ3) is 7.73. The second-order valence-corrected chi connectivity index (χ2v) is 6.61. The number of hydrogen-bond donors (Lipinski definition) is 2. The number of aliphatic carboxylic acids is 1. The highest BCUT2D eigenvalue weighted by Gasteiger charge is 2.18. The monoisotopic (exact) mass is 265 g/mol. The predicted molar refractivity (Wildman–Crippen MR) is 63.3 cm³/mol. The van der Waals surface area contributed by atoms with Crippen molar-refractivity contribution in [2.45, 2.75) is 33.2 Å². The molecule has 6 nitrogen and oxygen atoms in total. The summed E-state index contributed by atoms with van der Waals surface area (Å²) in [5.41, 5.74) is 0. The quantitative estimate of drug-likeness (QED) is 0.676. The zero-order valence-corrected chi connectivity index (χ0v) is 11.1. The highest BCUT2D eigenvalue weighted by Crippen LogP contribution is 2.02. The largest absolute Gasteiger partial charge is 0.480 e. The number of sulfone groups is 1. The lowest BCUT2D eigenvalue weighted by Gasteiger charge is -2.10. The van der Waals surface area contributed by atoms with Gasteiger partial charge in [-0.2, -0.15) is 0 Å². The minimum absolute atomic E-state index is 0.0148. The topological polar surface area (TPSA) is 101 Å². The Labute approximate surface area is 101 Å². The summed E-state index contributed by atoms with van der Waals surface area (Å²) in [7, 11) is -3.24. The van der Waals surface area contributed by atoms with Crippen LogP contribution in [0.15, 0.2) is 0 Å². The Morgan fingerprint density at radius 3 is 2.18 bits per heavy atom. The van der Waals surface area contributed by atoms with Gasteiger partial charge in [-0.3, -0.25) is 9.59 Å². The number of carbonyl (C=O) groups is 2. The average molecular weight is 265 g/mol. The van der Waals surface area contributed by atoms with Crippen molar-refractivity contribution in [3.63, 3.8) is 0 Å². The Morgan fingerprint density at radius 1 is 1.24 bits per heavy atom. The molecular formula is C10H19NO5S. The van der Waals surface area contributed by atoms with Gasteiger partial charge in [0.25, 0.3) is 0 Å². The first-order valence-electron chi connectivity index (χ1n) is 5.36. The van der Waals surface area contributed by atoms with Crippen molar-refractivity contribution in [1.29, 1.82) is 0 Å². The zero-order valence-electron chi connectivity index (χ0n) is 10.3. The van der Waals surface area contributed by atoms with E-state index < -0.39 is 27.8 Å². The molecule has 0 saturated heterocycles. The predicted octanol–water partition coefficient (Wildman–Crippen LogP) is 0.0366. The summed E-state index contributed by atoms with van der Waals surface area (Å²) >= 11 is 0. The average Bonchev–Trinajstić information content (AvgIpc) is 2.12. The highest BCUT2D eigenvalue weighted by molar-refractivity contribution is 7.91. The van der Waals surface area contributed by atoms with Gasteiger partial charge in [-0.25, -0.2) is 8.42 Å². The van der Waals surface area contributed by atoms with E-state index >= 15 is 0 Å². The summed E-state index contributed by atoms with van der Waals surface area (Å²) in [6.07, 6.45) is -0.202. The summed E-state index contributed by atoms with van der Waals surface area (Å²) in [6.45, 7) is 4.89. The molecule has 17 heavy (non-hydrogen) atoms. The molecule has 0 aromatic rings. The van der Waals surface area contributed by atoms with Crippen molar-refractivity contribution in [3.8, 4) is 0 Å². The van der Waals surface area contributed by atoms with E-state index in [1.165, 1.54) is 6.92 Å². The van der Waals surface area contributed by atoms with Crippen LogP contribution in [0, 0.1) is 5.92 Å². The van der Waals surface area contributed by atoms with Crippen LogP contribution in [0.1, 0.15) is 27.2 Å². The van der Waals surface area contributed by atoms with Gasteiger partial charge in [0.1, 0.15) is 6.04 Å². The Balaban J connectivity index is 4.12. The number of amides is 1. The van der Waals surface area contributed by atoms with Crippen LogP contribution in [-0.2, 0) is 19.4 Å². The SMILES string of the molecule is CC(C)CS(=O)(=O)CCC(=O)N[C@H](C)C(=O)O. The molecule has 7 heteroatoms. The number of carboxylic acid groups (broad SMARTS) is 1. The van der Waals surface area contributed by atoms with Crippen molar-refractivity contribution >= 4 is 21.7 Å². The van der Waals surface area contributed by atoms with E-state index in [1.54, 1.807) is 13.8 Å². The lowest BCUT2D eigenvalue weighted by molar-refractivity contribution is -0.141. The molecule has 0 heterocycles. The van der Waals surface area contributed by atoms with Crippen LogP contribution in [-0.4, -0.2) is 42.9 Å². The van der Waals surface area contributed by atoms with Crippen molar-refractivity contribution in [3.05, 3.63) is 0 Å². The second kappa shape index (κ2) is 6.58. The standard InChI is InChI=1S/C10H19NO5S/c1-7(2)6-17(15,16)5-4-9(12)11-8(3)10(13)14/h7-8H,4-6H2,1-3H3,(H,11,12)(H,13,14)/t8-/m1/s1. The van der Waals surface area contributed by atoms with E-state index in [0.29, 0.717) is 0 Å². The molecule has 100 valence electrons. The third-order valence-electron chi connectivity index (χ3n) is 1.98.